The summed E-state index contributed by atoms with van der Waals surface area (Å²) in [6.07, 6.45) is 9.89. The maximum absolute atomic E-state index is 13.8. The van der Waals surface area contributed by atoms with Gasteiger partial charge >= 0.3 is 6.09 Å². The molecule has 3 amide bonds. The first-order valence-electron chi connectivity index (χ1n) is 20.0. The number of alkyl carbamates (subject to hydrolysis) is 1. The molecule has 2 aliphatic heterocycles. The van der Waals surface area contributed by atoms with Crippen LogP contribution in [0.3, 0.4) is 0 Å². The molecule has 2 saturated heterocycles. The van der Waals surface area contributed by atoms with E-state index in [-0.39, 0.29) is 41.8 Å². The van der Waals surface area contributed by atoms with Crippen LogP contribution >= 0.6 is 0 Å². The van der Waals surface area contributed by atoms with Crippen LogP contribution in [0.5, 0.6) is 0 Å². The maximum atomic E-state index is 13.8. The van der Waals surface area contributed by atoms with Crippen LogP contribution in [0.25, 0.3) is 22.5 Å². The van der Waals surface area contributed by atoms with E-state index >= 15 is 0 Å². The van der Waals surface area contributed by atoms with E-state index in [0.29, 0.717) is 13.1 Å². The monoisotopic (exact) mass is 781 g/mol. The van der Waals surface area contributed by atoms with Crippen LogP contribution in [0.1, 0.15) is 88.2 Å². The summed E-state index contributed by atoms with van der Waals surface area (Å²) in [4.78, 5) is 63.5. The number of aromatic amines is 2. The highest BCUT2D eigenvalue weighted by atomic mass is 16.5. The van der Waals surface area contributed by atoms with E-state index in [2.05, 4.69) is 56.3 Å². The fourth-order valence-corrected chi connectivity index (χ4v) is 7.74. The van der Waals surface area contributed by atoms with Crippen molar-refractivity contribution < 1.29 is 19.1 Å². The quantitative estimate of drug-likeness (QED) is 0.103. The van der Waals surface area contributed by atoms with Gasteiger partial charge in [0.15, 0.2) is 0 Å². The Bertz CT molecular complexity index is 2250. The predicted octanol–water partition coefficient (Wildman–Crippen LogP) is 7.11. The third-order valence-corrected chi connectivity index (χ3v) is 10.9. The third-order valence-electron chi connectivity index (χ3n) is 10.9. The Kier molecular flexibility index (Phi) is 12.2. The molecular formula is C45H51N9O4. The van der Waals surface area contributed by atoms with Crippen molar-refractivity contribution in [2.45, 2.75) is 77.5 Å². The van der Waals surface area contributed by atoms with Gasteiger partial charge in [0, 0.05) is 36.6 Å². The molecule has 0 bridgehead atoms. The molecule has 0 saturated carbocycles. The number of H-pyrrole nitrogens is 2. The highest BCUT2D eigenvalue weighted by Gasteiger charge is 2.38. The number of anilines is 1. The number of nitrogens with one attached hydrogen (secondary N) is 4. The second kappa shape index (κ2) is 17.8. The third kappa shape index (κ3) is 8.91. The molecule has 4 N–H and O–H groups in total. The van der Waals surface area contributed by atoms with Crippen LogP contribution in [0.15, 0.2) is 85.5 Å². The lowest BCUT2D eigenvalue weighted by molar-refractivity contribution is -0.135. The number of nitrogens with zero attached hydrogens (tertiary/aromatic N) is 5. The molecule has 300 valence electrons. The summed E-state index contributed by atoms with van der Waals surface area (Å²) in [5, 5.41) is 6.09. The van der Waals surface area contributed by atoms with Gasteiger partial charge in [0.05, 0.1) is 48.7 Å². The van der Waals surface area contributed by atoms with Crippen molar-refractivity contribution in [1.29, 1.82) is 0 Å². The predicted molar refractivity (Wildman–Crippen MR) is 222 cm³/mol. The maximum Gasteiger partial charge on any atom is 0.407 e. The number of hydrogen-bond acceptors (Lipinski definition) is 8. The van der Waals surface area contributed by atoms with Crippen molar-refractivity contribution in [3.8, 4) is 34.4 Å². The average molecular weight is 782 g/mol. The molecule has 13 heteroatoms. The molecule has 0 unspecified atom stereocenters. The molecule has 0 radical (unpaired) electrons. The number of likely N-dealkylation sites (tertiary alicyclic amines) is 2. The van der Waals surface area contributed by atoms with Gasteiger partial charge in [-0.1, -0.05) is 63.8 Å². The number of hydrogen-bond donors (Lipinski definition) is 4. The molecule has 3 aromatic heterocycles. The van der Waals surface area contributed by atoms with Crippen LogP contribution in [-0.4, -0.2) is 84.9 Å². The van der Waals surface area contributed by atoms with Gasteiger partial charge < -0.3 is 35.1 Å². The van der Waals surface area contributed by atoms with E-state index in [1.54, 1.807) is 23.5 Å². The van der Waals surface area contributed by atoms with Gasteiger partial charge in [-0.3, -0.25) is 14.6 Å². The lowest BCUT2D eigenvalue weighted by Crippen LogP contribution is -2.51. The summed E-state index contributed by atoms with van der Waals surface area (Å²) in [6.45, 7) is 9.21. The first kappa shape index (κ1) is 39.8. The number of pyridine rings is 1. The summed E-state index contributed by atoms with van der Waals surface area (Å²) < 4.78 is 4.75. The minimum Gasteiger partial charge on any atom is -0.453 e. The Morgan fingerprint density at radius 2 is 1.22 bits per heavy atom. The van der Waals surface area contributed by atoms with Gasteiger partial charge in [-0.25, -0.2) is 14.8 Å². The lowest BCUT2D eigenvalue weighted by Gasteiger charge is -2.30. The second-order valence-electron chi connectivity index (χ2n) is 15.6. The number of imidazole rings is 2. The smallest absolute Gasteiger partial charge is 0.407 e. The molecule has 0 aliphatic carbocycles. The Morgan fingerprint density at radius 1 is 0.724 bits per heavy atom. The van der Waals surface area contributed by atoms with Gasteiger partial charge in [-0.15, -0.1) is 0 Å². The summed E-state index contributed by atoms with van der Waals surface area (Å²) in [6, 6.07) is 18.5. The largest absolute Gasteiger partial charge is 0.453 e. The standard InChI is InChI=1S/C45H51N9O4/c1-28(2)39(49-34-9-6-22-46-25-34)43(55)53-23-7-10-37(53)41-47-26-35(50-41)32-18-14-30(15-19-32)12-13-31-16-20-33(21-17-31)36-27-48-42(51-36)38-11-8-24-54(38)44(56)40(29(3)4)52-45(57)58-5/h6,9,14-22,25-29,37-40,49H,7-8,10-11,23-24H2,1-5H3,(H,47,50)(H,48,51)(H,52,57)/t37-,38-,39-,40-/m0/s1. The topological polar surface area (TPSA) is 161 Å². The summed E-state index contributed by atoms with van der Waals surface area (Å²) >= 11 is 0. The first-order valence-corrected chi connectivity index (χ1v) is 20.0. The molecule has 58 heavy (non-hydrogen) atoms. The number of aromatic nitrogens is 5. The molecule has 2 aromatic carbocycles. The molecule has 13 nitrogen and oxygen atoms in total. The van der Waals surface area contributed by atoms with Crippen LogP contribution < -0.4 is 10.6 Å². The fourth-order valence-electron chi connectivity index (χ4n) is 7.74. The Morgan fingerprint density at radius 3 is 1.67 bits per heavy atom. The van der Waals surface area contributed by atoms with E-state index in [1.165, 1.54) is 7.11 Å². The van der Waals surface area contributed by atoms with Gasteiger partial charge in [-0.2, -0.15) is 0 Å². The number of ether oxygens (including phenoxy) is 1. The van der Waals surface area contributed by atoms with E-state index in [0.717, 1.165) is 76.7 Å². The molecule has 0 spiro atoms. The number of rotatable bonds is 11. The minimum atomic E-state index is -0.684. The van der Waals surface area contributed by atoms with Crippen LogP contribution in [0.2, 0.25) is 0 Å². The SMILES string of the molecule is COC(=O)N[C@H](C(=O)N1CCC[C@H]1c1ncc(-c2ccc(C#Cc3ccc(-c4cnc([C@@H]5CCCN5C(=O)[C@@H](Nc5cccnc5)C(C)C)[nH]4)cc3)cc2)[nH]1)C(C)C. The van der Waals surface area contributed by atoms with E-state index in [4.69, 9.17) is 9.72 Å². The van der Waals surface area contributed by atoms with Gasteiger partial charge in [0.25, 0.3) is 0 Å². The first-order chi connectivity index (χ1) is 28.1. The molecule has 2 aliphatic rings. The zero-order valence-corrected chi connectivity index (χ0v) is 33.7. The molecule has 5 aromatic rings. The van der Waals surface area contributed by atoms with Crippen molar-refractivity contribution in [1.82, 2.24) is 40.0 Å². The zero-order chi connectivity index (χ0) is 40.8. The van der Waals surface area contributed by atoms with Crippen LogP contribution in [0, 0.1) is 23.7 Å². The Hall–Kier alpha value is -6.42. The summed E-state index contributed by atoms with van der Waals surface area (Å²) in [5.74, 6) is 7.98. The minimum absolute atomic E-state index is 0.0705. The number of carbonyl (C=O) groups is 3. The number of methoxy groups -OCH3 is 1. The molecule has 4 atom stereocenters. The highest BCUT2D eigenvalue weighted by molar-refractivity contribution is 5.87. The highest BCUT2D eigenvalue weighted by Crippen LogP contribution is 2.34. The van der Waals surface area contributed by atoms with Crippen molar-refractivity contribution in [2.75, 3.05) is 25.5 Å². The summed E-state index contributed by atoms with van der Waals surface area (Å²) in [5.41, 5.74) is 6.28. The normalized spacial score (nSPS) is 17.5. The average Bonchev–Trinajstić information content (AvgIpc) is 4.08. The zero-order valence-electron chi connectivity index (χ0n) is 33.7. The van der Waals surface area contributed by atoms with Gasteiger partial charge in [0.2, 0.25) is 11.8 Å². The van der Waals surface area contributed by atoms with Crippen molar-refractivity contribution in [2.24, 2.45) is 11.8 Å². The van der Waals surface area contributed by atoms with E-state index < -0.39 is 12.1 Å². The molecule has 5 heterocycles. The fraction of sp³-hybridized carbons (Fsp3) is 0.378. The van der Waals surface area contributed by atoms with Gasteiger partial charge in [-0.05, 0) is 85.0 Å². The number of carbonyl (C=O) groups excluding carboxylic acids is 3. The van der Waals surface area contributed by atoms with Crippen molar-refractivity contribution in [3.63, 3.8) is 0 Å². The van der Waals surface area contributed by atoms with E-state index in [9.17, 15) is 14.4 Å². The van der Waals surface area contributed by atoms with Crippen molar-refractivity contribution >= 4 is 23.6 Å². The van der Waals surface area contributed by atoms with E-state index in [1.807, 2.05) is 85.6 Å². The van der Waals surface area contributed by atoms with Crippen LogP contribution in [-0.2, 0) is 14.3 Å². The molecular weight excluding hydrogens is 731 g/mol. The van der Waals surface area contributed by atoms with Crippen LogP contribution in [0.4, 0.5) is 10.5 Å². The lowest BCUT2D eigenvalue weighted by atomic mass is 10.0. The molecule has 7 rings (SSSR count). The number of amides is 3. The van der Waals surface area contributed by atoms with Gasteiger partial charge in [0.1, 0.15) is 23.7 Å². The van der Waals surface area contributed by atoms with Crippen molar-refractivity contribution in [3.05, 3.63) is 108 Å². The Labute approximate surface area is 339 Å². The second-order valence-corrected chi connectivity index (χ2v) is 15.6. The summed E-state index contributed by atoms with van der Waals surface area (Å²) in [7, 11) is 1.29. The number of benzene rings is 2. The molecule has 2 fully saturated rings. The Balaban J connectivity index is 0.969.